The lowest BCUT2D eigenvalue weighted by Crippen LogP contribution is -2.04. The highest BCUT2D eigenvalue weighted by molar-refractivity contribution is 6.16. The van der Waals surface area contributed by atoms with Gasteiger partial charge in [-0.2, -0.15) is 5.26 Å². The average Bonchev–Trinajstić information content (AvgIpc) is 2.30. The molecular weight excluding hydrogens is 190 g/mol. The van der Waals surface area contributed by atoms with E-state index in [0.717, 1.165) is 0 Å². The van der Waals surface area contributed by atoms with Crippen LogP contribution in [0.2, 0.25) is 0 Å². The van der Waals surface area contributed by atoms with Gasteiger partial charge in [0.15, 0.2) is 0 Å². The Morgan fingerprint density at radius 1 is 1.47 bits per heavy atom. The van der Waals surface area contributed by atoms with Crippen LogP contribution in [-0.2, 0) is 9.53 Å². The Labute approximate surface area is 87.9 Å². The number of esters is 1. The van der Waals surface area contributed by atoms with E-state index in [1.807, 2.05) is 6.07 Å². The molecule has 74 valence electrons. The quantitative estimate of drug-likeness (QED) is 0.415. The summed E-state index contributed by atoms with van der Waals surface area (Å²) < 4.78 is 4.57. The van der Waals surface area contributed by atoms with Crippen LogP contribution >= 0.6 is 0 Å². The molecule has 1 rings (SSSR count). The van der Waals surface area contributed by atoms with Gasteiger partial charge in [0.05, 0.1) is 18.7 Å². The van der Waals surface area contributed by atoms with Crippen molar-refractivity contribution < 1.29 is 9.53 Å². The van der Waals surface area contributed by atoms with Gasteiger partial charge in [-0.15, -0.1) is 5.73 Å². The van der Waals surface area contributed by atoms with E-state index in [4.69, 9.17) is 5.26 Å². The van der Waals surface area contributed by atoms with Crippen LogP contribution in [0.3, 0.4) is 0 Å². The highest BCUT2D eigenvalue weighted by Gasteiger charge is 2.14. The van der Waals surface area contributed by atoms with Crippen molar-refractivity contribution in [2.75, 3.05) is 7.11 Å². The highest BCUT2D eigenvalue weighted by Crippen LogP contribution is 2.18. The van der Waals surface area contributed by atoms with Crippen LogP contribution in [-0.4, -0.2) is 13.1 Å². The molecule has 1 aromatic carbocycles. The number of carbonyl (C=O) groups is 1. The molecule has 0 aliphatic rings. The maximum absolute atomic E-state index is 11.3. The minimum absolute atomic E-state index is 0.176. The van der Waals surface area contributed by atoms with E-state index >= 15 is 0 Å². The second-order valence-corrected chi connectivity index (χ2v) is 2.70. The summed E-state index contributed by atoms with van der Waals surface area (Å²) in [6.45, 7) is 3.41. The predicted octanol–water partition coefficient (Wildman–Crippen LogP) is 1.90. The zero-order chi connectivity index (χ0) is 11.3. The molecule has 0 unspecified atom stereocenters. The first-order valence-corrected chi connectivity index (χ1v) is 4.22. The monoisotopic (exact) mass is 199 g/mol. The van der Waals surface area contributed by atoms with Crippen molar-refractivity contribution in [2.24, 2.45) is 0 Å². The van der Waals surface area contributed by atoms with Gasteiger partial charge < -0.3 is 4.74 Å². The Bertz CT molecular complexity index is 477. The number of nitrogens with zero attached hydrogens (tertiary/aromatic N) is 1. The molecule has 0 aliphatic heterocycles. The Morgan fingerprint density at radius 2 is 2.13 bits per heavy atom. The Balaban J connectivity index is 3.33. The van der Waals surface area contributed by atoms with Crippen molar-refractivity contribution >= 4 is 11.5 Å². The predicted molar refractivity (Wildman–Crippen MR) is 55.7 cm³/mol. The minimum Gasteiger partial charge on any atom is -0.465 e. The zero-order valence-corrected chi connectivity index (χ0v) is 8.28. The summed E-state index contributed by atoms with van der Waals surface area (Å²) >= 11 is 0. The normalized spacial score (nSPS) is 8.53. The van der Waals surface area contributed by atoms with Crippen LogP contribution < -0.4 is 0 Å². The molecule has 0 aromatic heterocycles. The van der Waals surface area contributed by atoms with E-state index in [2.05, 4.69) is 17.0 Å². The standard InChI is InChI=1S/C12H9NO2/c1-3-10(12(14)15-2)11-7-5-4-6-9(11)8-13/h4-7H,1H2,2H3. The molecule has 0 radical (unpaired) electrons. The fourth-order valence-corrected chi connectivity index (χ4v) is 1.18. The first-order chi connectivity index (χ1) is 7.24. The fraction of sp³-hybridized carbons (Fsp3) is 0.0833. The van der Waals surface area contributed by atoms with E-state index in [0.29, 0.717) is 11.1 Å². The van der Waals surface area contributed by atoms with Crippen LogP contribution in [0.5, 0.6) is 0 Å². The zero-order valence-electron chi connectivity index (χ0n) is 8.28. The molecule has 0 atom stereocenters. The maximum Gasteiger partial charge on any atom is 0.346 e. The highest BCUT2D eigenvalue weighted by atomic mass is 16.5. The van der Waals surface area contributed by atoms with Crippen LogP contribution in [0.1, 0.15) is 11.1 Å². The van der Waals surface area contributed by atoms with Crippen molar-refractivity contribution in [1.29, 1.82) is 5.26 Å². The molecular formula is C12H9NO2. The molecule has 1 aromatic rings. The first kappa shape index (κ1) is 10.8. The number of nitriles is 1. The maximum atomic E-state index is 11.3. The van der Waals surface area contributed by atoms with Gasteiger partial charge in [-0.25, -0.2) is 4.79 Å². The number of carbonyl (C=O) groups excluding carboxylic acids is 1. The molecule has 0 saturated heterocycles. The third-order valence-electron chi connectivity index (χ3n) is 1.88. The lowest BCUT2D eigenvalue weighted by Gasteiger charge is -2.04. The summed E-state index contributed by atoms with van der Waals surface area (Å²) in [5, 5.41) is 8.85. The lowest BCUT2D eigenvalue weighted by molar-refractivity contribution is -0.133. The number of ether oxygens (including phenoxy) is 1. The SMILES string of the molecule is C=C=C(C(=O)OC)c1ccccc1C#N. The van der Waals surface area contributed by atoms with Crippen molar-refractivity contribution in [3.05, 3.63) is 47.7 Å². The van der Waals surface area contributed by atoms with Crippen LogP contribution in [0.15, 0.2) is 36.6 Å². The summed E-state index contributed by atoms with van der Waals surface area (Å²) in [6, 6.07) is 8.72. The largest absolute Gasteiger partial charge is 0.465 e. The van der Waals surface area contributed by atoms with Gasteiger partial charge in [-0.3, -0.25) is 0 Å². The fourth-order valence-electron chi connectivity index (χ4n) is 1.18. The summed E-state index contributed by atoms with van der Waals surface area (Å²) in [4.78, 5) is 11.3. The van der Waals surface area contributed by atoms with E-state index in [1.165, 1.54) is 7.11 Å². The molecule has 0 fully saturated rings. The van der Waals surface area contributed by atoms with E-state index in [-0.39, 0.29) is 5.57 Å². The molecule has 0 heterocycles. The first-order valence-electron chi connectivity index (χ1n) is 4.22. The number of rotatable bonds is 2. The van der Waals surface area contributed by atoms with Gasteiger partial charge in [0.25, 0.3) is 0 Å². The topological polar surface area (TPSA) is 50.1 Å². The Kier molecular flexibility index (Phi) is 3.45. The summed E-state index contributed by atoms with van der Waals surface area (Å²) in [7, 11) is 1.27. The summed E-state index contributed by atoms with van der Waals surface area (Å²) in [5.41, 5.74) is 3.55. The molecule has 3 nitrogen and oxygen atoms in total. The third-order valence-corrected chi connectivity index (χ3v) is 1.88. The Hall–Kier alpha value is -2.30. The number of hydrogen-bond donors (Lipinski definition) is 0. The van der Waals surface area contributed by atoms with Crippen molar-refractivity contribution in [3.8, 4) is 6.07 Å². The van der Waals surface area contributed by atoms with Gasteiger partial charge in [0.1, 0.15) is 5.57 Å². The molecule has 15 heavy (non-hydrogen) atoms. The van der Waals surface area contributed by atoms with Gasteiger partial charge >= 0.3 is 5.97 Å². The molecule has 0 saturated carbocycles. The molecule has 0 bridgehead atoms. The van der Waals surface area contributed by atoms with Gasteiger partial charge in [-0.1, -0.05) is 24.8 Å². The molecule has 0 N–H and O–H groups in total. The van der Waals surface area contributed by atoms with Crippen molar-refractivity contribution in [3.63, 3.8) is 0 Å². The van der Waals surface area contributed by atoms with Crippen LogP contribution in [0.25, 0.3) is 5.57 Å². The van der Waals surface area contributed by atoms with Gasteiger partial charge in [0, 0.05) is 5.56 Å². The molecule has 3 heteroatoms. The van der Waals surface area contributed by atoms with Crippen molar-refractivity contribution in [2.45, 2.75) is 0 Å². The lowest BCUT2D eigenvalue weighted by atomic mass is 10.0. The number of methoxy groups -OCH3 is 1. The van der Waals surface area contributed by atoms with Gasteiger partial charge in [0.2, 0.25) is 0 Å². The van der Waals surface area contributed by atoms with Crippen LogP contribution in [0, 0.1) is 11.3 Å². The molecule has 0 amide bonds. The minimum atomic E-state index is -0.548. The van der Waals surface area contributed by atoms with E-state index < -0.39 is 5.97 Å². The molecule has 0 spiro atoms. The van der Waals surface area contributed by atoms with E-state index in [9.17, 15) is 4.79 Å². The average molecular weight is 199 g/mol. The summed E-state index contributed by atoms with van der Waals surface area (Å²) in [5.74, 6) is -0.548. The van der Waals surface area contributed by atoms with Gasteiger partial charge in [-0.05, 0) is 6.07 Å². The van der Waals surface area contributed by atoms with Crippen molar-refractivity contribution in [1.82, 2.24) is 0 Å². The second kappa shape index (κ2) is 4.80. The Morgan fingerprint density at radius 3 is 2.67 bits per heavy atom. The number of hydrogen-bond acceptors (Lipinski definition) is 3. The smallest absolute Gasteiger partial charge is 0.346 e. The number of benzene rings is 1. The second-order valence-electron chi connectivity index (χ2n) is 2.70. The third kappa shape index (κ3) is 2.14. The molecule has 0 aliphatic carbocycles. The van der Waals surface area contributed by atoms with E-state index in [1.54, 1.807) is 24.3 Å². The van der Waals surface area contributed by atoms with Crippen LogP contribution in [0.4, 0.5) is 0 Å². The summed E-state index contributed by atoms with van der Waals surface area (Å²) in [6.07, 6.45) is 0.